The Morgan fingerprint density at radius 1 is 0.449 bits per heavy atom. The van der Waals surface area contributed by atoms with E-state index in [1.165, 1.54) is 25.8 Å². The number of hydrogen-bond donors (Lipinski definition) is 0. The first-order valence-electron chi connectivity index (χ1n) is 42.1. The molecule has 0 saturated carbocycles. The number of likely N-dealkylation sites (N-methyl/N-ethyl adjacent to an activating group) is 3. The van der Waals surface area contributed by atoms with E-state index in [2.05, 4.69) is 139 Å². The number of ether oxygens (including phenoxy) is 4. The Labute approximate surface area is 776 Å². The molecule has 127 heavy (non-hydrogen) atoms. The van der Waals surface area contributed by atoms with E-state index in [1.54, 1.807) is 53.2 Å². The molecule has 4 fully saturated rings. The van der Waals surface area contributed by atoms with Crippen LogP contribution in [0.1, 0.15) is 68.8 Å². The summed E-state index contributed by atoms with van der Waals surface area (Å²) in [5.74, 6) is 3.40. The molecule has 6 aromatic heterocycles. The van der Waals surface area contributed by atoms with Crippen LogP contribution in [0.5, 0.6) is 0 Å². The molecule has 10 heterocycles. The summed E-state index contributed by atoms with van der Waals surface area (Å²) in [5, 5.41) is 16.7. The van der Waals surface area contributed by atoms with Gasteiger partial charge in [0.25, 0.3) is 0 Å². The van der Waals surface area contributed by atoms with Crippen LogP contribution in [0.15, 0.2) is 196 Å². The molecule has 676 valence electrons. The van der Waals surface area contributed by atoms with E-state index in [0.717, 1.165) is 138 Å². The fraction of sp³-hybridized carbons (Fsp3) is 0.419. The largest absolute Gasteiger partial charge is 0.448 e. The molecule has 12 aromatic rings. The third-order valence-corrected chi connectivity index (χ3v) is 24.6. The summed E-state index contributed by atoms with van der Waals surface area (Å²) in [7, 11) is 6.37. The van der Waals surface area contributed by atoms with Gasteiger partial charge in [0.15, 0.2) is 39.6 Å². The van der Waals surface area contributed by atoms with Crippen molar-refractivity contribution in [2.45, 2.75) is 85.6 Å². The number of rotatable bonds is 28. The van der Waals surface area contributed by atoms with Crippen LogP contribution in [0.25, 0.3) is 33.1 Å². The molecule has 29 nitrogen and oxygen atoms in total. The molecular weight excluding hydrogens is 1800 g/mol. The van der Waals surface area contributed by atoms with Gasteiger partial charge < -0.3 is 33.6 Å². The Balaban J connectivity index is 0.000000184. The molecule has 2 atom stereocenters. The number of piperazine rings is 3. The van der Waals surface area contributed by atoms with Gasteiger partial charge in [0.2, 0.25) is 0 Å². The third-order valence-electron chi connectivity index (χ3n) is 22.2. The van der Waals surface area contributed by atoms with E-state index in [-0.39, 0.29) is 46.8 Å². The standard InChI is InChI=1S/C33H40BrClN8O3S.C29H34BrN7O2.C28H32ClN7O2.3CH4/c1-39-10-12-40(13-11-39)16-20-46-33(44)43(27-9-5-8-26(34)22-27)31-28-23-36-42(24-29(35)25-6-3-2-4-7-25)30(28)37-32(38-31)47-21-17-41-14-18-45-19-15-41;1-21(23-8-5-4-6-9-23)20-36-27-26(19-31-36)28(33-22(2)32-27)37(25-11-7-10-24(30)18-25)29(38)39-17-16-35-14-12-34(3)13-15-35;1-21-31-26-25(20-30-35(26)12-11-22-7-4-3-5-8-22)27(32-21)36(24-10-6-9-23(29)19-24)28(37)38-18-17-34-15-13-33(2)14-16-34;;;/h2-9,22-23,29H,10-21,24H2,1H3;4-11,18-19,21H,12-17,20H2,1-3H3;3-10,19-20H,11-18H2,1-2H3;3*1H4. The molecule has 16 rings (SSSR count). The number of anilines is 6. The number of hydrogen-bond acceptors (Lipinski definition) is 24. The number of thioether (sulfide) groups is 1. The second kappa shape index (κ2) is 48.1. The van der Waals surface area contributed by atoms with Crippen molar-refractivity contribution in [3.05, 3.63) is 225 Å². The van der Waals surface area contributed by atoms with Crippen molar-refractivity contribution >= 4 is 153 Å². The van der Waals surface area contributed by atoms with Crippen LogP contribution in [0, 0.1) is 13.8 Å². The SMILES string of the molecule is C.C.C.CN1CCN(CCOC(=O)N(c2cccc(Br)c2)c2nc(SCCN3CCOCC3)nc3c2cnn3CC(Cl)c2ccccc2)CC1.Cc1nc(N(C(=O)OCCN2CCN(C)CC2)c2cccc(Br)c2)c2cnn(CC(C)c3ccccc3)c2n1.Cc1nc(N(C(=O)OCCN2CCN(C)CC2)c2cccc(Cl)c2)c2cnn(CCc3ccccc3)c2n1. The smallest absolute Gasteiger partial charge is 0.420 e. The van der Waals surface area contributed by atoms with Gasteiger partial charge >= 0.3 is 18.3 Å². The first-order valence-corrected chi connectivity index (χ1v) is 45.4. The number of halogens is 4. The topological polar surface area (TPSA) is 251 Å². The third kappa shape index (κ3) is 26.8. The quantitative estimate of drug-likeness (QED) is 0.0191. The lowest BCUT2D eigenvalue weighted by molar-refractivity contribution is 0.0410. The predicted molar refractivity (Wildman–Crippen MR) is 516 cm³/mol. The normalized spacial score (nSPS) is 15.4. The van der Waals surface area contributed by atoms with Crippen LogP contribution in [-0.4, -0.2) is 290 Å². The Morgan fingerprint density at radius 3 is 1.30 bits per heavy atom. The van der Waals surface area contributed by atoms with Gasteiger partial charge in [-0.2, -0.15) is 15.3 Å². The molecular formula is C93H118Br2Cl2N22O7S. The van der Waals surface area contributed by atoms with Crippen molar-refractivity contribution in [2.75, 3.05) is 192 Å². The minimum Gasteiger partial charge on any atom is -0.448 e. The maximum atomic E-state index is 14.0. The lowest BCUT2D eigenvalue weighted by Crippen LogP contribution is -2.45. The van der Waals surface area contributed by atoms with E-state index in [1.807, 2.05) is 145 Å². The second-order valence-electron chi connectivity index (χ2n) is 31.2. The Bertz CT molecular complexity index is 5490. The van der Waals surface area contributed by atoms with Crippen molar-refractivity contribution in [1.82, 2.24) is 93.5 Å². The Hall–Kier alpha value is -9.65. The summed E-state index contributed by atoms with van der Waals surface area (Å²) in [6.45, 7) is 26.4. The van der Waals surface area contributed by atoms with Gasteiger partial charge in [-0.3, -0.25) is 19.6 Å². The maximum absolute atomic E-state index is 14.0. The molecule has 0 spiro atoms. The van der Waals surface area contributed by atoms with Crippen molar-refractivity contribution < 1.29 is 33.3 Å². The lowest BCUT2D eigenvalue weighted by atomic mass is 10.0. The number of benzene rings is 6. The van der Waals surface area contributed by atoms with E-state index in [9.17, 15) is 14.4 Å². The van der Waals surface area contributed by atoms with Gasteiger partial charge in [-0.1, -0.05) is 194 Å². The zero-order chi connectivity index (χ0) is 86.4. The minimum absolute atomic E-state index is 0. The average molecular weight is 1920 g/mol. The molecule has 4 aliphatic rings. The first kappa shape index (κ1) is 98.0. The highest BCUT2D eigenvalue weighted by Crippen LogP contribution is 2.38. The van der Waals surface area contributed by atoms with E-state index in [4.69, 9.17) is 67.2 Å². The lowest BCUT2D eigenvalue weighted by Gasteiger charge is -2.32. The van der Waals surface area contributed by atoms with E-state index >= 15 is 0 Å². The van der Waals surface area contributed by atoms with Crippen LogP contribution in [0.3, 0.4) is 0 Å². The van der Waals surface area contributed by atoms with Gasteiger partial charge in [0.05, 0.1) is 76.9 Å². The summed E-state index contributed by atoms with van der Waals surface area (Å²) >= 11 is 21.9. The number of carbonyl (C=O) groups is 3. The van der Waals surface area contributed by atoms with Gasteiger partial charge in [0.1, 0.15) is 31.5 Å². The maximum Gasteiger partial charge on any atom is 0.420 e. The Kier molecular flexibility index (Phi) is 37.1. The number of fused-ring (bicyclic) bond motifs is 3. The van der Waals surface area contributed by atoms with Gasteiger partial charge in [0, 0.05) is 157 Å². The van der Waals surface area contributed by atoms with Gasteiger partial charge in [-0.15, -0.1) is 11.6 Å². The summed E-state index contributed by atoms with van der Waals surface area (Å²) in [5.41, 5.74) is 7.24. The molecule has 4 aliphatic heterocycles. The molecule has 34 heteroatoms. The summed E-state index contributed by atoms with van der Waals surface area (Å²) in [6, 6.07) is 52.8. The fourth-order valence-corrected chi connectivity index (χ4v) is 17.1. The molecule has 6 aromatic carbocycles. The molecule has 3 amide bonds. The van der Waals surface area contributed by atoms with Gasteiger partial charge in [-0.25, -0.2) is 73.0 Å². The number of alkyl halides is 1. The zero-order valence-electron chi connectivity index (χ0n) is 70.9. The van der Waals surface area contributed by atoms with Crippen molar-refractivity contribution in [1.29, 1.82) is 0 Å². The molecule has 2 unspecified atom stereocenters. The predicted octanol–water partition coefficient (Wildman–Crippen LogP) is 17.2. The van der Waals surface area contributed by atoms with E-state index < -0.39 is 18.3 Å². The van der Waals surface area contributed by atoms with Crippen LogP contribution in [0.2, 0.25) is 5.02 Å². The fourth-order valence-electron chi connectivity index (χ4n) is 15.0. The summed E-state index contributed by atoms with van der Waals surface area (Å²) < 4.78 is 30.3. The molecule has 0 N–H and O–H groups in total. The number of morpholine rings is 1. The second-order valence-corrected chi connectivity index (χ2v) is 35.1. The number of aryl methyl sites for hydroxylation is 4. The highest BCUT2D eigenvalue weighted by molar-refractivity contribution is 9.10. The monoisotopic (exact) mass is 1910 g/mol. The van der Waals surface area contributed by atoms with Crippen LogP contribution in [0.4, 0.5) is 48.9 Å². The Morgan fingerprint density at radius 2 is 0.843 bits per heavy atom. The van der Waals surface area contributed by atoms with E-state index in [0.29, 0.717) is 135 Å². The van der Waals surface area contributed by atoms with Gasteiger partial charge in [-0.05, 0) is 113 Å². The number of amides is 3. The number of carbonyl (C=O) groups excluding carboxylic acids is 3. The van der Waals surface area contributed by atoms with Crippen LogP contribution in [-0.2, 0) is 45.0 Å². The summed E-state index contributed by atoms with van der Waals surface area (Å²) in [4.78, 5) is 90.7. The molecule has 0 bridgehead atoms. The average Bonchev–Trinajstić information content (AvgIpc) is 1.67. The highest BCUT2D eigenvalue weighted by atomic mass is 79.9. The van der Waals surface area contributed by atoms with Crippen molar-refractivity contribution in [3.8, 4) is 0 Å². The first-order chi connectivity index (χ1) is 60.3. The number of aromatic nitrogens is 12. The highest BCUT2D eigenvalue weighted by Gasteiger charge is 2.32. The van der Waals surface area contributed by atoms with Crippen molar-refractivity contribution in [2.24, 2.45) is 0 Å². The molecule has 4 saturated heterocycles. The van der Waals surface area contributed by atoms with Crippen LogP contribution < -0.4 is 14.7 Å². The molecule has 0 aliphatic carbocycles. The number of nitrogens with zero attached hydrogens (tertiary/aromatic N) is 22. The zero-order valence-corrected chi connectivity index (χ0v) is 76.4. The van der Waals surface area contributed by atoms with Crippen molar-refractivity contribution in [3.63, 3.8) is 0 Å². The minimum atomic E-state index is -0.516. The molecule has 0 radical (unpaired) electrons. The van der Waals surface area contributed by atoms with Crippen LogP contribution >= 0.6 is 66.8 Å². The summed E-state index contributed by atoms with van der Waals surface area (Å²) in [6.07, 6.45) is 4.47.